The fourth-order valence-corrected chi connectivity index (χ4v) is 3.17. The largest absolute Gasteiger partial charge is 0.356 e. The molecule has 118 valence electrons. The molecular weight excluding hydrogens is 310 g/mol. The van der Waals surface area contributed by atoms with Crippen LogP contribution in [-0.2, 0) is 6.42 Å². The van der Waals surface area contributed by atoms with E-state index in [9.17, 15) is 0 Å². The van der Waals surface area contributed by atoms with Crippen LogP contribution in [0.1, 0.15) is 29.9 Å². The molecule has 0 N–H and O–H groups in total. The zero-order chi connectivity index (χ0) is 15.8. The molecule has 0 spiro atoms. The second-order valence-electron chi connectivity index (χ2n) is 5.99. The molecule has 3 heterocycles. The third-order valence-corrected chi connectivity index (χ3v) is 4.42. The summed E-state index contributed by atoms with van der Waals surface area (Å²) in [7, 11) is 0. The average molecular weight is 328 g/mol. The Bertz CT molecular complexity index is 834. The molecule has 0 amide bonds. The number of hydrogen-bond donors (Lipinski definition) is 0. The molecule has 1 fully saturated rings. The Balaban J connectivity index is 1.71. The van der Waals surface area contributed by atoms with Gasteiger partial charge in [-0.3, -0.25) is 0 Å². The maximum atomic E-state index is 5.94. The van der Waals surface area contributed by atoms with Crippen molar-refractivity contribution in [3.8, 4) is 0 Å². The topological polar surface area (TPSA) is 46.3 Å². The maximum absolute atomic E-state index is 5.94. The first kappa shape index (κ1) is 14.5. The Morgan fingerprint density at radius 2 is 1.83 bits per heavy atom. The van der Waals surface area contributed by atoms with E-state index in [2.05, 4.69) is 26.0 Å². The summed E-state index contributed by atoms with van der Waals surface area (Å²) < 4.78 is 1.88. The van der Waals surface area contributed by atoms with Gasteiger partial charge in [-0.1, -0.05) is 23.7 Å². The maximum Gasteiger partial charge on any atom is 0.254 e. The van der Waals surface area contributed by atoms with Gasteiger partial charge in [-0.15, -0.1) is 5.10 Å². The predicted octanol–water partition coefficient (Wildman–Crippen LogP) is 3.28. The molecule has 0 unspecified atom stereocenters. The van der Waals surface area contributed by atoms with Crippen LogP contribution in [-0.4, -0.2) is 32.7 Å². The van der Waals surface area contributed by atoms with Gasteiger partial charge >= 0.3 is 0 Å². The molecule has 0 bridgehead atoms. The molecule has 0 aliphatic carbocycles. The molecular formula is C17H18ClN5. The lowest BCUT2D eigenvalue weighted by Gasteiger charge is -2.18. The number of rotatable bonds is 3. The van der Waals surface area contributed by atoms with Gasteiger partial charge in [0.1, 0.15) is 5.82 Å². The van der Waals surface area contributed by atoms with Crippen LogP contribution < -0.4 is 4.90 Å². The summed E-state index contributed by atoms with van der Waals surface area (Å²) in [5.74, 6) is 2.56. The van der Waals surface area contributed by atoms with Crippen molar-refractivity contribution < 1.29 is 0 Å². The van der Waals surface area contributed by atoms with Crippen molar-refractivity contribution in [1.82, 2.24) is 19.6 Å². The van der Waals surface area contributed by atoms with E-state index in [0.29, 0.717) is 12.2 Å². The molecule has 1 aliphatic heterocycles. The number of fused-ring (bicyclic) bond motifs is 1. The van der Waals surface area contributed by atoms with Crippen LogP contribution in [0.3, 0.4) is 0 Å². The van der Waals surface area contributed by atoms with Gasteiger partial charge in [0.25, 0.3) is 5.78 Å². The number of nitrogens with zero attached hydrogens (tertiary/aromatic N) is 5. The predicted molar refractivity (Wildman–Crippen MR) is 91.2 cm³/mol. The molecule has 0 radical (unpaired) electrons. The summed E-state index contributed by atoms with van der Waals surface area (Å²) in [6, 6.07) is 9.90. The normalized spacial score (nSPS) is 14.8. The smallest absolute Gasteiger partial charge is 0.254 e. The third-order valence-electron chi connectivity index (χ3n) is 4.17. The van der Waals surface area contributed by atoms with Crippen molar-refractivity contribution in [2.45, 2.75) is 26.2 Å². The summed E-state index contributed by atoms with van der Waals surface area (Å²) in [6.07, 6.45) is 3.14. The summed E-state index contributed by atoms with van der Waals surface area (Å²) in [4.78, 5) is 11.5. The van der Waals surface area contributed by atoms with Crippen LogP contribution in [0.25, 0.3) is 5.78 Å². The summed E-state index contributed by atoms with van der Waals surface area (Å²) in [5.41, 5.74) is 2.12. The first-order valence-electron chi connectivity index (χ1n) is 7.92. The zero-order valence-electron chi connectivity index (χ0n) is 13.0. The van der Waals surface area contributed by atoms with Crippen LogP contribution in [0.15, 0.2) is 30.3 Å². The summed E-state index contributed by atoms with van der Waals surface area (Å²) in [6.45, 7) is 4.16. The number of aryl methyl sites for hydroxylation is 1. The van der Waals surface area contributed by atoms with Gasteiger partial charge in [-0.05, 0) is 37.5 Å². The number of anilines is 1. The number of hydrogen-bond acceptors (Lipinski definition) is 4. The van der Waals surface area contributed by atoms with Crippen LogP contribution in [0.5, 0.6) is 0 Å². The second-order valence-corrected chi connectivity index (χ2v) is 6.43. The minimum atomic E-state index is 0.677. The average Bonchev–Trinajstić information content (AvgIpc) is 3.18. The number of halogens is 1. The molecule has 1 saturated heterocycles. The van der Waals surface area contributed by atoms with Gasteiger partial charge in [0.15, 0.2) is 5.82 Å². The lowest BCUT2D eigenvalue weighted by Crippen LogP contribution is -2.21. The molecule has 23 heavy (non-hydrogen) atoms. The molecule has 2 aromatic heterocycles. The molecule has 3 aromatic rings. The third kappa shape index (κ3) is 2.88. The summed E-state index contributed by atoms with van der Waals surface area (Å²) >= 11 is 5.94. The van der Waals surface area contributed by atoms with Crippen LogP contribution in [0, 0.1) is 6.92 Å². The molecule has 4 rings (SSSR count). The van der Waals surface area contributed by atoms with Gasteiger partial charge in [0.05, 0.1) is 0 Å². The Labute approximate surface area is 139 Å². The van der Waals surface area contributed by atoms with Crippen molar-refractivity contribution in [3.63, 3.8) is 0 Å². The number of aromatic nitrogens is 4. The first-order valence-corrected chi connectivity index (χ1v) is 8.29. The molecule has 0 saturated carbocycles. The Hall–Kier alpha value is -2.14. The molecule has 1 aromatic carbocycles. The van der Waals surface area contributed by atoms with Gasteiger partial charge in [0.2, 0.25) is 0 Å². The standard InChI is InChI=1S/C17H18ClN5/c1-12-10-16(22-8-2-3-9-22)23-17(19-12)20-15(21-23)11-13-4-6-14(18)7-5-13/h4-7,10H,2-3,8-9,11H2,1H3. The summed E-state index contributed by atoms with van der Waals surface area (Å²) in [5, 5.41) is 5.43. The van der Waals surface area contributed by atoms with E-state index in [0.717, 1.165) is 41.0 Å². The fraction of sp³-hybridized carbons (Fsp3) is 0.353. The Morgan fingerprint density at radius 1 is 1.09 bits per heavy atom. The van der Waals surface area contributed by atoms with E-state index in [-0.39, 0.29) is 0 Å². The van der Waals surface area contributed by atoms with E-state index in [1.165, 1.54) is 12.8 Å². The lowest BCUT2D eigenvalue weighted by molar-refractivity contribution is 0.829. The monoisotopic (exact) mass is 327 g/mol. The Kier molecular flexibility index (Phi) is 3.65. The van der Waals surface area contributed by atoms with Gasteiger partial charge in [0, 0.05) is 36.3 Å². The van der Waals surface area contributed by atoms with Crippen molar-refractivity contribution in [1.29, 1.82) is 0 Å². The van der Waals surface area contributed by atoms with E-state index in [1.54, 1.807) is 0 Å². The van der Waals surface area contributed by atoms with E-state index < -0.39 is 0 Å². The van der Waals surface area contributed by atoms with Crippen molar-refractivity contribution in [2.24, 2.45) is 0 Å². The van der Waals surface area contributed by atoms with Gasteiger partial charge in [-0.2, -0.15) is 9.50 Å². The van der Waals surface area contributed by atoms with Crippen LogP contribution >= 0.6 is 11.6 Å². The second kappa shape index (κ2) is 5.81. The van der Waals surface area contributed by atoms with Gasteiger partial charge < -0.3 is 4.90 Å². The highest BCUT2D eigenvalue weighted by Gasteiger charge is 2.18. The zero-order valence-corrected chi connectivity index (χ0v) is 13.8. The molecule has 0 atom stereocenters. The Morgan fingerprint density at radius 3 is 2.57 bits per heavy atom. The highest BCUT2D eigenvalue weighted by molar-refractivity contribution is 6.30. The number of benzene rings is 1. The van der Waals surface area contributed by atoms with Crippen LogP contribution in [0.4, 0.5) is 5.82 Å². The fourth-order valence-electron chi connectivity index (χ4n) is 3.04. The van der Waals surface area contributed by atoms with E-state index in [1.807, 2.05) is 35.7 Å². The lowest BCUT2D eigenvalue weighted by atomic mass is 10.1. The van der Waals surface area contributed by atoms with Crippen molar-refractivity contribution >= 4 is 23.2 Å². The molecule has 5 nitrogen and oxygen atoms in total. The van der Waals surface area contributed by atoms with Gasteiger partial charge in [-0.25, -0.2) is 4.98 Å². The molecule has 6 heteroatoms. The SMILES string of the molecule is Cc1cc(N2CCCC2)n2nc(Cc3ccc(Cl)cc3)nc2n1. The highest BCUT2D eigenvalue weighted by Crippen LogP contribution is 2.22. The van der Waals surface area contributed by atoms with Crippen molar-refractivity contribution in [3.05, 3.63) is 52.4 Å². The minimum Gasteiger partial charge on any atom is -0.356 e. The quantitative estimate of drug-likeness (QED) is 0.740. The molecule has 1 aliphatic rings. The van der Waals surface area contributed by atoms with E-state index in [4.69, 9.17) is 11.6 Å². The van der Waals surface area contributed by atoms with Crippen molar-refractivity contribution in [2.75, 3.05) is 18.0 Å². The van der Waals surface area contributed by atoms with E-state index >= 15 is 0 Å². The van der Waals surface area contributed by atoms with Crippen LogP contribution in [0.2, 0.25) is 5.02 Å². The minimum absolute atomic E-state index is 0.677. The first-order chi connectivity index (χ1) is 11.2. The highest BCUT2D eigenvalue weighted by atomic mass is 35.5.